The fourth-order valence-corrected chi connectivity index (χ4v) is 1.54. The van der Waals surface area contributed by atoms with Gasteiger partial charge in [0.15, 0.2) is 6.10 Å². The minimum Gasteiger partial charge on any atom is -0.452 e. The van der Waals surface area contributed by atoms with E-state index in [1.807, 2.05) is 0 Å². The van der Waals surface area contributed by atoms with Gasteiger partial charge in [0.1, 0.15) is 0 Å². The van der Waals surface area contributed by atoms with Gasteiger partial charge in [-0.2, -0.15) is 0 Å². The van der Waals surface area contributed by atoms with Crippen LogP contribution in [0.1, 0.15) is 19.8 Å². The molecule has 0 spiro atoms. The first kappa shape index (κ1) is 10.9. The molecule has 1 N–H and O–H groups in total. The summed E-state index contributed by atoms with van der Waals surface area (Å²) in [6.45, 7) is 2.28. The van der Waals surface area contributed by atoms with E-state index >= 15 is 0 Å². The van der Waals surface area contributed by atoms with Gasteiger partial charge < -0.3 is 10.1 Å². The van der Waals surface area contributed by atoms with Crippen LogP contribution in [0.25, 0.3) is 0 Å². The van der Waals surface area contributed by atoms with Gasteiger partial charge in [-0.1, -0.05) is 0 Å². The van der Waals surface area contributed by atoms with Crippen LogP contribution in [0.5, 0.6) is 0 Å². The highest BCUT2D eigenvalue weighted by molar-refractivity contribution is 5.98. The molecule has 0 bridgehead atoms. The highest BCUT2D eigenvalue weighted by Crippen LogP contribution is 2.30. The number of amides is 3. The van der Waals surface area contributed by atoms with E-state index in [1.54, 1.807) is 0 Å². The fourth-order valence-electron chi connectivity index (χ4n) is 1.54. The van der Waals surface area contributed by atoms with Crippen LogP contribution in [-0.2, 0) is 14.3 Å². The number of esters is 1. The molecule has 0 radical (unpaired) electrons. The number of carbonyl (C=O) groups excluding carboxylic acids is 3. The minimum atomic E-state index is -0.878. The quantitative estimate of drug-likeness (QED) is 0.681. The predicted octanol–water partition coefficient (Wildman–Crippen LogP) is -0.120. The largest absolute Gasteiger partial charge is 0.452 e. The first-order valence-electron chi connectivity index (χ1n) is 5.39. The summed E-state index contributed by atoms with van der Waals surface area (Å²) in [4.78, 5) is 35.3. The topological polar surface area (TPSA) is 75.7 Å². The normalized spacial score (nSPS) is 21.6. The molecule has 2 fully saturated rings. The molecule has 1 atom stereocenters. The van der Waals surface area contributed by atoms with E-state index in [0.29, 0.717) is 13.1 Å². The average molecular weight is 226 g/mol. The monoisotopic (exact) mass is 226 g/mol. The molecule has 0 aromatic heterocycles. The molecule has 2 rings (SSSR count). The molecule has 2 aliphatic rings. The van der Waals surface area contributed by atoms with Crippen molar-refractivity contribution in [1.82, 2.24) is 10.2 Å². The van der Waals surface area contributed by atoms with Gasteiger partial charge in [-0.05, 0) is 19.8 Å². The summed E-state index contributed by atoms with van der Waals surface area (Å²) in [6, 6.07) is -0.417. The molecule has 16 heavy (non-hydrogen) atoms. The number of rotatable bonds is 3. The Kier molecular flexibility index (Phi) is 2.80. The summed E-state index contributed by atoms with van der Waals surface area (Å²) in [5.74, 6) is -0.827. The number of imide groups is 1. The standard InChI is InChI=1S/C10H14N2O4/c1-6(16-9(14)7-2-3-7)8(13)12-5-4-11-10(12)15/h6-7H,2-5H2,1H3,(H,11,15)/t6-/m1/s1. The average Bonchev–Trinajstić information content (AvgIpc) is 3.01. The van der Waals surface area contributed by atoms with Gasteiger partial charge >= 0.3 is 12.0 Å². The molecule has 88 valence electrons. The Balaban J connectivity index is 1.88. The SMILES string of the molecule is C[C@@H](OC(=O)C1CC1)C(=O)N1CCNC1=O. The molecule has 0 aromatic rings. The van der Waals surface area contributed by atoms with Gasteiger partial charge in [0.25, 0.3) is 5.91 Å². The maximum atomic E-state index is 11.7. The van der Waals surface area contributed by atoms with E-state index in [-0.39, 0.29) is 11.9 Å². The molecule has 1 saturated heterocycles. The fraction of sp³-hybridized carbons (Fsp3) is 0.700. The Bertz CT molecular complexity index is 338. The summed E-state index contributed by atoms with van der Waals surface area (Å²) in [6.07, 6.45) is 0.797. The van der Waals surface area contributed by atoms with Crippen molar-refractivity contribution in [3.05, 3.63) is 0 Å². The van der Waals surface area contributed by atoms with Gasteiger partial charge in [0, 0.05) is 13.1 Å². The Labute approximate surface area is 92.9 Å². The van der Waals surface area contributed by atoms with Crippen LogP contribution < -0.4 is 5.32 Å². The number of hydrogen-bond acceptors (Lipinski definition) is 4. The van der Waals surface area contributed by atoms with Crippen LogP contribution in [-0.4, -0.2) is 42.0 Å². The first-order valence-corrected chi connectivity index (χ1v) is 5.39. The van der Waals surface area contributed by atoms with Crippen molar-refractivity contribution in [2.45, 2.75) is 25.9 Å². The van der Waals surface area contributed by atoms with Gasteiger partial charge in [-0.25, -0.2) is 4.79 Å². The van der Waals surface area contributed by atoms with E-state index in [4.69, 9.17) is 4.74 Å². The molecular formula is C10H14N2O4. The van der Waals surface area contributed by atoms with Crippen molar-refractivity contribution in [3.63, 3.8) is 0 Å². The molecule has 1 saturated carbocycles. The van der Waals surface area contributed by atoms with Crippen LogP contribution in [0.15, 0.2) is 0 Å². The van der Waals surface area contributed by atoms with Crippen LogP contribution in [0.4, 0.5) is 4.79 Å². The van der Waals surface area contributed by atoms with E-state index in [1.165, 1.54) is 6.92 Å². The molecular weight excluding hydrogens is 212 g/mol. The number of nitrogens with one attached hydrogen (secondary N) is 1. The number of urea groups is 1. The Morgan fingerprint density at radius 3 is 2.69 bits per heavy atom. The molecule has 1 heterocycles. The molecule has 6 heteroatoms. The van der Waals surface area contributed by atoms with Gasteiger partial charge in [-0.15, -0.1) is 0 Å². The maximum absolute atomic E-state index is 11.7. The number of hydrogen-bond donors (Lipinski definition) is 1. The van der Waals surface area contributed by atoms with Crippen molar-refractivity contribution in [2.75, 3.05) is 13.1 Å². The van der Waals surface area contributed by atoms with Gasteiger partial charge in [-0.3, -0.25) is 14.5 Å². The zero-order valence-corrected chi connectivity index (χ0v) is 9.06. The van der Waals surface area contributed by atoms with Crippen LogP contribution >= 0.6 is 0 Å². The molecule has 3 amide bonds. The molecule has 6 nitrogen and oxygen atoms in total. The minimum absolute atomic E-state index is 0.0392. The smallest absolute Gasteiger partial charge is 0.324 e. The van der Waals surface area contributed by atoms with Gasteiger partial charge in [0.05, 0.1) is 5.92 Å². The zero-order chi connectivity index (χ0) is 11.7. The summed E-state index contributed by atoms with van der Waals surface area (Å²) in [5.41, 5.74) is 0. The summed E-state index contributed by atoms with van der Waals surface area (Å²) in [5, 5.41) is 2.52. The third kappa shape index (κ3) is 2.15. The lowest BCUT2D eigenvalue weighted by Crippen LogP contribution is -2.42. The van der Waals surface area contributed by atoms with E-state index < -0.39 is 18.0 Å². The van der Waals surface area contributed by atoms with Crippen molar-refractivity contribution in [3.8, 4) is 0 Å². The lowest BCUT2D eigenvalue weighted by atomic mass is 10.3. The number of carbonyl (C=O) groups is 3. The van der Waals surface area contributed by atoms with Gasteiger partial charge in [0.2, 0.25) is 0 Å². The third-order valence-corrected chi connectivity index (χ3v) is 2.67. The van der Waals surface area contributed by atoms with E-state index in [2.05, 4.69) is 5.32 Å². The number of ether oxygens (including phenoxy) is 1. The molecule has 1 aliphatic carbocycles. The van der Waals surface area contributed by atoms with Crippen LogP contribution in [0.2, 0.25) is 0 Å². The van der Waals surface area contributed by atoms with E-state index in [9.17, 15) is 14.4 Å². The highest BCUT2D eigenvalue weighted by atomic mass is 16.5. The predicted molar refractivity (Wildman–Crippen MR) is 53.4 cm³/mol. The van der Waals surface area contributed by atoms with Crippen LogP contribution in [0, 0.1) is 5.92 Å². The lowest BCUT2D eigenvalue weighted by Gasteiger charge is -2.17. The Morgan fingerprint density at radius 1 is 1.50 bits per heavy atom. The Hall–Kier alpha value is -1.59. The molecule has 1 aliphatic heterocycles. The number of nitrogens with zero attached hydrogens (tertiary/aromatic N) is 1. The second-order valence-electron chi connectivity index (χ2n) is 4.08. The lowest BCUT2D eigenvalue weighted by molar-refractivity contribution is -0.158. The molecule has 0 unspecified atom stereocenters. The molecule has 0 aromatic carbocycles. The van der Waals surface area contributed by atoms with Crippen molar-refractivity contribution in [2.24, 2.45) is 5.92 Å². The van der Waals surface area contributed by atoms with Crippen molar-refractivity contribution < 1.29 is 19.1 Å². The Morgan fingerprint density at radius 2 is 2.19 bits per heavy atom. The van der Waals surface area contributed by atoms with E-state index in [0.717, 1.165) is 17.7 Å². The maximum Gasteiger partial charge on any atom is 0.324 e. The van der Waals surface area contributed by atoms with Crippen molar-refractivity contribution in [1.29, 1.82) is 0 Å². The highest BCUT2D eigenvalue weighted by Gasteiger charge is 2.36. The summed E-state index contributed by atoms with van der Waals surface area (Å²) in [7, 11) is 0. The third-order valence-electron chi connectivity index (χ3n) is 2.67. The second-order valence-corrected chi connectivity index (χ2v) is 4.08. The van der Waals surface area contributed by atoms with Crippen LogP contribution in [0.3, 0.4) is 0 Å². The van der Waals surface area contributed by atoms with Crippen molar-refractivity contribution >= 4 is 17.9 Å². The summed E-state index contributed by atoms with van der Waals surface area (Å²) < 4.78 is 4.99. The first-order chi connectivity index (χ1) is 7.59. The second kappa shape index (κ2) is 4.11. The zero-order valence-electron chi connectivity index (χ0n) is 9.06. The summed E-state index contributed by atoms with van der Waals surface area (Å²) >= 11 is 0.